The monoisotopic (exact) mass is 404 g/mol. The molecule has 3 atom stereocenters. The number of fused-ring (bicyclic) bond motifs is 3. The molecule has 1 heterocycles. The van der Waals surface area contributed by atoms with Crippen molar-refractivity contribution < 1.29 is 9.90 Å². The zero-order chi connectivity index (χ0) is 21.4. The number of carbonyl (C=O) groups is 1. The number of nitrogens with zero attached hydrogens (tertiary/aromatic N) is 1. The maximum Gasteiger partial charge on any atom is 0.255 e. The smallest absolute Gasteiger partial charge is 0.255 e. The van der Waals surface area contributed by atoms with Gasteiger partial charge in [-0.3, -0.25) is 9.78 Å². The van der Waals surface area contributed by atoms with Crippen LogP contribution in [0.1, 0.15) is 79.6 Å². The first-order valence-corrected chi connectivity index (χ1v) is 11.2. The van der Waals surface area contributed by atoms with E-state index in [9.17, 15) is 9.90 Å². The average Bonchev–Trinajstić information content (AvgIpc) is 2.74. The first-order chi connectivity index (χ1) is 14.4. The Morgan fingerprint density at radius 3 is 2.83 bits per heavy atom. The van der Waals surface area contributed by atoms with Crippen molar-refractivity contribution in [3.63, 3.8) is 0 Å². The van der Waals surface area contributed by atoms with Crippen molar-refractivity contribution in [3.8, 4) is 0 Å². The van der Waals surface area contributed by atoms with Gasteiger partial charge in [0.1, 0.15) is 0 Å². The zero-order valence-corrected chi connectivity index (χ0v) is 18.2. The van der Waals surface area contributed by atoms with E-state index in [-0.39, 0.29) is 11.3 Å². The van der Waals surface area contributed by atoms with Gasteiger partial charge in [0, 0.05) is 17.2 Å². The minimum Gasteiger partial charge on any atom is -0.390 e. The lowest BCUT2D eigenvalue weighted by molar-refractivity contribution is -0.0426. The Morgan fingerprint density at radius 1 is 1.27 bits per heavy atom. The summed E-state index contributed by atoms with van der Waals surface area (Å²) in [7, 11) is 0. The topological polar surface area (TPSA) is 62.2 Å². The van der Waals surface area contributed by atoms with E-state index in [0.717, 1.165) is 55.5 Å². The molecule has 1 aromatic carbocycles. The van der Waals surface area contributed by atoms with Crippen LogP contribution in [0.15, 0.2) is 42.6 Å². The minimum atomic E-state index is -0.540. The molecule has 0 bridgehead atoms. The third-order valence-corrected chi connectivity index (χ3v) is 7.31. The molecule has 4 nitrogen and oxygen atoms in total. The molecule has 0 aliphatic heterocycles. The molecule has 2 N–H and O–H groups in total. The third kappa shape index (κ3) is 3.58. The number of rotatable bonds is 5. The van der Waals surface area contributed by atoms with Gasteiger partial charge in [-0.15, -0.1) is 0 Å². The fraction of sp³-hybridized carbons (Fsp3) is 0.462. The maximum atomic E-state index is 12.8. The molecule has 4 rings (SSSR count). The van der Waals surface area contributed by atoms with Crippen molar-refractivity contribution in [2.45, 2.75) is 70.3 Å². The SMILES string of the molecule is CCC[C@]1(O)CCC2(CC)c3ccc(C(=O)Nc4cccnc4C)cc3C=C[C@@H]2C1. The number of aliphatic hydroxyl groups is 1. The molecule has 1 aromatic heterocycles. The number of aryl methyl sites for hydroxylation is 1. The summed E-state index contributed by atoms with van der Waals surface area (Å²) < 4.78 is 0. The zero-order valence-electron chi connectivity index (χ0n) is 18.2. The molecule has 2 aliphatic rings. The molecule has 158 valence electrons. The van der Waals surface area contributed by atoms with Crippen LogP contribution in [-0.2, 0) is 5.41 Å². The summed E-state index contributed by atoms with van der Waals surface area (Å²) in [5.74, 6) is 0.231. The van der Waals surface area contributed by atoms with Crippen LogP contribution in [-0.4, -0.2) is 21.6 Å². The van der Waals surface area contributed by atoms with Crippen LogP contribution in [0.2, 0.25) is 0 Å². The number of anilines is 1. The number of allylic oxidation sites excluding steroid dienone is 1. The molecule has 1 unspecified atom stereocenters. The summed E-state index contributed by atoms with van der Waals surface area (Å²) >= 11 is 0. The second kappa shape index (κ2) is 7.99. The average molecular weight is 405 g/mol. The number of nitrogens with one attached hydrogen (secondary N) is 1. The predicted molar refractivity (Wildman–Crippen MR) is 122 cm³/mol. The largest absolute Gasteiger partial charge is 0.390 e. The van der Waals surface area contributed by atoms with Gasteiger partial charge in [0.2, 0.25) is 0 Å². The number of hydrogen-bond acceptors (Lipinski definition) is 3. The van der Waals surface area contributed by atoms with Crippen LogP contribution in [0.5, 0.6) is 0 Å². The van der Waals surface area contributed by atoms with Crippen LogP contribution < -0.4 is 5.32 Å². The van der Waals surface area contributed by atoms with Crippen molar-refractivity contribution in [1.82, 2.24) is 4.98 Å². The van der Waals surface area contributed by atoms with E-state index in [1.54, 1.807) is 6.20 Å². The maximum absolute atomic E-state index is 12.8. The van der Waals surface area contributed by atoms with Gasteiger partial charge >= 0.3 is 0 Å². The van der Waals surface area contributed by atoms with Gasteiger partial charge in [-0.2, -0.15) is 0 Å². The normalized spacial score (nSPS) is 27.3. The van der Waals surface area contributed by atoms with E-state index < -0.39 is 5.60 Å². The summed E-state index contributed by atoms with van der Waals surface area (Å²) in [6, 6.07) is 9.79. The fourth-order valence-electron chi connectivity index (χ4n) is 5.58. The third-order valence-electron chi connectivity index (χ3n) is 7.31. The first-order valence-electron chi connectivity index (χ1n) is 11.2. The van der Waals surface area contributed by atoms with Crippen molar-refractivity contribution in [1.29, 1.82) is 0 Å². The Balaban J connectivity index is 1.62. The van der Waals surface area contributed by atoms with Crippen LogP contribution in [0.25, 0.3) is 6.08 Å². The second-order valence-corrected chi connectivity index (χ2v) is 9.05. The molecular formula is C26H32N2O2. The minimum absolute atomic E-state index is 0.0546. The van der Waals surface area contributed by atoms with Gasteiger partial charge in [-0.25, -0.2) is 0 Å². The number of amides is 1. The highest BCUT2D eigenvalue weighted by atomic mass is 16.3. The Morgan fingerprint density at radius 2 is 2.10 bits per heavy atom. The van der Waals surface area contributed by atoms with Crippen molar-refractivity contribution in [3.05, 3.63) is 65.0 Å². The van der Waals surface area contributed by atoms with Crippen molar-refractivity contribution >= 4 is 17.7 Å². The number of aromatic nitrogens is 1. The molecule has 0 radical (unpaired) electrons. The lowest BCUT2D eigenvalue weighted by Crippen LogP contribution is -2.48. The van der Waals surface area contributed by atoms with E-state index in [2.05, 4.69) is 42.4 Å². The van der Waals surface area contributed by atoms with E-state index in [0.29, 0.717) is 11.5 Å². The Bertz CT molecular complexity index is 983. The van der Waals surface area contributed by atoms with Crippen molar-refractivity contribution in [2.75, 3.05) is 5.32 Å². The van der Waals surface area contributed by atoms with Gasteiger partial charge in [0.15, 0.2) is 0 Å². The molecule has 0 spiro atoms. The van der Waals surface area contributed by atoms with Gasteiger partial charge < -0.3 is 10.4 Å². The predicted octanol–water partition coefficient (Wildman–Crippen LogP) is 5.65. The number of pyridine rings is 1. The highest BCUT2D eigenvalue weighted by molar-refractivity contribution is 6.05. The quantitative estimate of drug-likeness (QED) is 0.677. The van der Waals surface area contributed by atoms with Gasteiger partial charge in [-0.1, -0.05) is 38.5 Å². The molecule has 30 heavy (non-hydrogen) atoms. The molecule has 2 aromatic rings. The van der Waals surface area contributed by atoms with Crippen LogP contribution in [0.3, 0.4) is 0 Å². The lowest BCUT2D eigenvalue weighted by atomic mass is 9.55. The number of carbonyl (C=O) groups excluding carboxylic acids is 1. The van der Waals surface area contributed by atoms with Gasteiger partial charge in [0.05, 0.1) is 17.0 Å². The Hall–Kier alpha value is -2.46. The Kier molecular flexibility index (Phi) is 5.54. The van der Waals surface area contributed by atoms with Crippen molar-refractivity contribution in [2.24, 2.45) is 5.92 Å². The first kappa shape index (κ1) is 20.8. The second-order valence-electron chi connectivity index (χ2n) is 9.05. The summed E-state index contributed by atoms with van der Waals surface area (Å²) in [6.45, 7) is 6.29. The van der Waals surface area contributed by atoms with E-state index in [4.69, 9.17) is 0 Å². The van der Waals surface area contributed by atoms with E-state index in [1.807, 2.05) is 31.2 Å². The summed E-state index contributed by atoms with van der Waals surface area (Å²) in [5, 5.41) is 14.0. The molecule has 0 saturated heterocycles. The van der Waals surface area contributed by atoms with Crippen LogP contribution in [0.4, 0.5) is 5.69 Å². The highest BCUT2D eigenvalue weighted by Gasteiger charge is 2.49. The standard InChI is InChI=1S/C26H32N2O2/c1-4-12-25(30)13-14-26(5-2)21(17-25)10-8-19-16-20(9-11-22(19)26)24(29)28-23-7-6-15-27-18(23)3/h6-11,15-16,21,30H,4-5,12-14,17H2,1-3H3,(H,28,29)/t21-,25+,26?/m1/s1. The molecular weight excluding hydrogens is 372 g/mol. The Labute approximate surface area is 179 Å². The van der Waals surface area contributed by atoms with Gasteiger partial charge in [-0.05, 0) is 80.3 Å². The van der Waals surface area contributed by atoms with E-state index >= 15 is 0 Å². The molecule has 1 fully saturated rings. The molecule has 1 amide bonds. The number of benzene rings is 1. The molecule has 4 heteroatoms. The molecule has 1 saturated carbocycles. The fourth-order valence-corrected chi connectivity index (χ4v) is 5.58. The highest BCUT2D eigenvalue weighted by Crippen LogP contribution is 2.54. The summed E-state index contributed by atoms with van der Waals surface area (Å²) in [5.41, 5.74) is 4.17. The summed E-state index contributed by atoms with van der Waals surface area (Å²) in [6.07, 6.45) is 11.7. The molecule has 2 aliphatic carbocycles. The van der Waals surface area contributed by atoms with Gasteiger partial charge in [0.25, 0.3) is 5.91 Å². The van der Waals surface area contributed by atoms with E-state index in [1.165, 1.54) is 5.56 Å². The van der Waals surface area contributed by atoms with Crippen LogP contribution >= 0.6 is 0 Å². The van der Waals surface area contributed by atoms with Crippen LogP contribution in [0, 0.1) is 12.8 Å². The summed E-state index contributed by atoms with van der Waals surface area (Å²) in [4.78, 5) is 17.1. The lowest BCUT2D eigenvalue weighted by Gasteiger charge is -2.51. The number of hydrogen-bond donors (Lipinski definition) is 2.